The molecular weight excluding hydrogens is 416 g/mol. The van der Waals surface area contributed by atoms with Crippen molar-refractivity contribution >= 4 is 15.9 Å². The highest BCUT2D eigenvalue weighted by Gasteiger charge is 2.15. The van der Waals surface area contributed by atoms with Gasteiger partial charge in [0.2, 0.25) is 15.9 Å². The normalized spacial score (nSPS) is 12.5. The average Bonchev–Trinajstić information content (AvgIpc) is 3.14. The molecule has 0 saturated carbocycles. The number of amides is 1. The number of oxazole rings is 1. The molecule has 7 nitrogen and oxygen atoms in total. The summed E-state index contributed by atoms with van der Waals surface area (Å²) in [5.41, 5.74) is 0.789. The zero-order chi connectivity index (χ0) is 21.9. The van der Waals surface area contributed by atoms with E-state index in [1.54, 1.807) is 19.1 Å². The number of nitrogens with two attached hydrogens (primary N) is 1. The third-order valence-corrected chi connectivity index (χ3v) is 5.33. The van der Waals surface area contributed by atoms with Crippen molar-refractivity contribution in [3.05, 3.63) is 71.8 Å². The maximum absolute atomic E-state index is 13.8. The van der Waals surface area contributed by atoms with Gasteiger partial charge in [-0.15, -0.1) is 0 Å². The Kier molecular flexibility index (Phi) is 6.28. The Labute approximate surface area is 172 Å². The van der Waals surface area contributed by atoms with E-state index in [1.165, 1.54) is 24.4 Å². The minimum atomic E-state index is -3.78. The lowest BCUT2D eigenvalue weighted by Gasteiger charge is -2.14. The van der Waals surface area contributed by atoms with Crippen molar-refractivity contribution in [2.24, 2.45) is 5.14 Å². The molecule has 10 heteroatoms. The summed E-state index contributed by atoms with van der Waals surface area (Å²) in [5.74, 6) is -1.34. The van der Waals surface area contributed by atoms with E-state index in [4.69, 9.17) is 9.56 Å². The lowest BCUT2D eigenvalue weighted by Crippen LogP contribution is -2.26. The topological polar surface area (TPSA) is 115 Å². The summed E-state index contributed by atoms with van der Waals surface area (Å²) in [5, 5.41) is 7.85. The molecule has 0 unspecified atom stereocenters. The molecule has 0 fully saturated rings. The molecule has 1 amide bonds. The van der Waals surface area contributed by atoms with Gasteiger partial charge in [0.05, 0.1) is 22.7 Å². The number of hydrogen-bond donors (Lipinski definition) is 2. The second-order valence-corrected chi connectivity index (χ2v) is 8.21. The van der Waals surface area contributed by atoms with E-state index in [-0.39, 0.29) is 46.9 Å². The van der Waals surface area contributed by atoms with Crippen molar-refractivity contribution in [2.75, 3.05) is 0 Å². The van der Waals surface area contributed by atoms with Crippen molar-refractivity contribution in [1.29, 1.82) is 0 Å². The molecule has 3 rings (SSSR count). The number of hydrogen-bond acceptors (Lipinski definition) is 5. The van der Waals surface area contributed by atoms with E-state index in [1.807, 2.05) is 0 Å². The minimum absolute atomic E-state index is 0.0120. The van der Waals surface area contributed by atoms with Gasteiger partial charge in [0.15, 0.2) is 11.7 Å². The number of halogens is 2. The number of benzene rings is 2. The summed E-state index contributed by atoms with van der Waals surface area (Å²) in [4.78, 5) is 16.2. The molecular formula is C20H19F2N3O4S. The van der Waals surface area contributed by atoms with Crippen molar-refractivity contribution in [3.63, 3.8) is 0 Å². The van der Waals surface area contributed by atoms with Crippen LogP contribution in [0.3, 0.4) is 0 Å². The number of nitrogens with one attached hydrogen (secondary N) is 1. The summed E-state index contributed by atoms with van der Waals surface area (Å²) >= 11 is 0. The molecule has 0 aliphatic rings. The SMILES string of the molecule is C[C@H](NC(=O)CCc1ncc(-c2ccc(F)cc2F)o1)c1ccc(S(N)(=O)=O)cc1. The lowest BCUT2D eigenvalue weighted by atomic mass is 10.1. The van der Waals surface area contributed by atoms with E-state index in [0.717, 1.165) is 12.1 Å². The van der Waals surface area contributed by atoms with Gasteiger partial charge in [-0.1, -0.05) is 12.1 Å². The first kappa shape index (κ1) is 21.6. The molecule has 30 heavy (non-hydrogen) atoms. The van der Waals surface area contributed by atoms with Gasteiger partial charge in [0.1, 0.15) is 11.6 Å². The van der Waals surface area contributed by atoms with Crippen LogP contribution >= 0.6 is 0 Å². The van der Waals surface area contributed by atoms with E-state index in [9.17, 15) is 22.0 Å². The number of carbonyl (C=O) groups excluding carboxylic acids is 1. The molecule has 1 heterocycles. The molecule has 0 radical (unpaired) electrons. The van der Waals surface area contributed by atoms with Crippen LogP contribution in [0, 0.1) is 11.6 Å². The van der Waals surface area contributed by atoms with Crippen LogP contribution in [-0.2, 0) is 21.2 Å². The predicted octanol–water partition coefficient (Wildman–Crippen LogP) is 3.08. The number of primary sulfonamides is 1. The number of sulfonamides is 1. The first-order valence-electron chi connectivity index (χ1n) is 8.96. The van der Waals surface area contributed by atoms with Gasteiger partial charge in [0.25, 0.3) is 0 Å². The Bertz CT molecular complexity index is 1160. The molecule has 1 atom stereocenters. The van der Waals surface area contributed by atoms with Crippen molar-refractivity contribution in [1.82, 2.24) is 10.3 Å². The molecule has 0 aliphatic heterocycles. The Morgan fingerprint density at radius 2 is 1.90 bits per heavy atom. The third-order valence-electron chi connectivity index (χ3n) is 4.40. The lowest BCUT2D eigenvalue weighted by molar-refractivity contribution is -0.121. The van der Waals surface area contributed by atoms with Gasteiger partial charge in [-0.25, -0.2) is 27.3 Å². The van der Waals surface area contributed by atoms with E-state index >= 15 is 0 Å². The van der Waals surface area contributed by atoms with Crippen LogP contribution in [0.15, 0.2) is 58.0 Å². The van der Waals surface area contributed by atoms with E-state index < -0.39 is 21.7 Å². The van der Waals surface area contributed by atoms with Crippen molar-refractivity contribution in [2.45, 2.75) is 30.7 Å². The Balaban J connectivity index is 1.56. The van der Waals surface area contributed by atoms with Crippen molar-refractivity contribution < 1.29 is 26.4 Å². The second-order valence-electron chi connectivity index (χ2n) is 6.65. The molecule has 0 bridgehead atoms. The van der Waals surface area contributed by atoms with Crippen LogP contribution in [-0.4, -0.2) is 19.3 Å². The molecule has 0 saturated heterocycles. The molecule has 158 valence electrons. The highest BCUT2D eigenvalue weighted by atomic mass is 32.2. The van der Waals surface area contributed by atoms with Gasteiger partial charge < -0.3 is 9.73 Å². The van der Waals surface area contributed by atoms with E-state index in [2.05, 4.69) is 10.3 Å². The Morgan fingerprint density at radius 3 is 2.53 bits per heavy atom. The minimum Gasteiger partial charge on any atom is -0.441 e. The second kappa shape index (κ2) is 8.72. The van der Waals surface area contributed by atoms with Crippen LogP contribution in [0.25, 0.3) is 11.3 Å². The zero-order valence-electron chi connectivity index (χ0n) is 15.9. The molecule has 2 aromatic carbocycles. The fourth-order valence-electron chi connectivity index (χ4n) is 2.80. The summed E-state index contributed by atoms with van der Waals surface area (Å²) in [7, 11) is -3.78. The summed E-state index contributed by atoms with van der Waals surface area (Å²) < 4.78 is 54.9. The van der Waals surface area contributed by atoms with Crippen molar-refractivity contribution in [3.8, 4) is 11.3 Å². The zero-order valence-corrected chi connectivity index (χ0v) is 16.7. The number of rotatable bonds is 7. The smallest absolute Gasteiger partial charge is 0.238 e. The summed E-state index contributed by atoms with van der Waals surface area (Å²) in [6.45, 7) is 1.75. The molecule has 1 aromatic heterocycles. The number of carbonyl (C=O) groups is 1. The van der Waals surface area contributed by atoms with Gasteiger partial charge in [-0.3, -0.25) is 4.79 Å². The third kappa shape index (κ3) is 5.28. The molecule has 0 spiro atoms. The maximum atomic E-state index is 13.8. The number of aryl methyl sites for hydroxylation is 1. The summed E-state index contributed by atoms with van der Waals surface area (Å²) in [6, 6.07) is 8.65. The first-order chi connectivity index (χ1) is 14.1. The van der Waals surface area contributed by atoms with Crippen LogP contribution in [0.2, 0.25) is 0 Å². The van der Waals surface area contributed by atoms with Gasteiger partial charge >= 0.3 is 0 Å². The highest BCUT2D eigenvalue weighted by molar-refractivity contribution is 7.89. The molecule has 0 aliphatic carbocycles. The van der Waals surface area contributed by atoms with Gasteiger partial charge in [-0.05, 0) is 36.8 Å². The Morgan fingerprint density at radius 1 is 1.20 bits per heavy atom. The number of aromatic nitrogens is 1. The quantitative estimate of drug-likeness (QED) is 0.592. The molecule has 3 aromatic rings. The highest BCUT2D eigenvalue weighted by Crippen LogP contribution is 2.24. The fourth-order valence-corrected chi connectivity index (χ4v) is 3.32. The monoisotopic (exact) mass is 435 g/mol. The maximum Gasteiger partial charge on any atom is 0.238 e. The van der Waals surface area contributed by atoms with Gasteiger partial charge in [0, 0.05) is 18.9 Å². The van der Waals surface area contributed by atoms with E-state index in [0.29, 0.717) is 5.56 Å². The van der Waals surface area contributed by atoms with Crippen LogP contribution in [0.1, 0.15) is 30.8 Å². The van der Waals surface area contributed by atoms with Gasteiger partial charge in [-0.2, -0.15) is 0 Å². The fraction of sp³-hybridized carbons (Fsp3) is 0.200. The Hall–Kier alpha value is -3.11. The standard InChI is InChI=1S/C20H19F2N3O4S/c1-12(13-2-5-15(6-3-13)30(23,27)28)25-19(26)8-9-20-24-11-18(29-20)16-7-4-14(21)10-17(16)22/h2-7,10-12H,8-9H2,1H3,(H,25,26)(H2,23,27,28)/t12-/m0/s1. The largest absolute Gasteiger partial charge is 0.441 e. The average molecular weight is 435 g/mol. The van der Waals surface area contributed by atoms with Crippen LogP contribution in [0.4, 0.5) is 8.78 Å². The van der Waals surface area contributed by atoms with Crippen LogP contribution in [0.5, 0.6) is 0 Å². The first-order valence-corrected chi connectivity index (χ1v) is 10.5. The summed E-state index contributed by atoms with van der Waals surface area (Å²) in [6.07, 6.45) is 1.58. The molecule has 3 N–H and O–H groups in total. The van der Waals surface area contributed by atoms with Crippen LogP contribution < -0.4 is 10.5 Å². The predicted molar refractivity (Wildman–Crippen MR) is 105 cm³/mol. The number of nitrogens with zero attached hydrogens (tertiary/aromatic N) is 1.